The van der Waals surface area contributed by atoms with Crippen molar-refractivity contribution in [2.24, 2.45) is 0 Å². The van der Waals surface area contributed by atoms with Gasteiger partial charge in [-0.25, -0.2) is 14.2 Å². The summed E-state index contributed by atoms with van der Waals surface area (Å²) < 4.78 is 27.5. The standard InChI is InChI=1S/C31H27FN4O3/c1-18(29-34-31(37)39-35-29)28-23-12-10-19(14-21(23)17-38-27-15-22(32)11-13-24(27)28)16-36-26-9-5-4-8-25(26)33-30(36)20-6-2-3-7-20/h4-5,8-15,20H,2-3,6-7,16-17H2,1H3,(H,34,35,37)/b28-18+. The number of nitrogens with zero attached hydrogens (tertiary/aromatic N) is 3. The van der Waals surface area contributed by atoms with Crippen LogP contribution in [-0.4, -0.2) is 19.7 Å². The zero-order valence-corrected chi connectivity index (χ0v) is 21.5. The van der Waals surface area contributed by atoms with Gasteiger partial charge in [0.05, 0.1) is 11.0 Å². The second kappa shape index (κ2) is 9.38. The molecule has 0 spiro atoms. The van der Waals surface area contributed by atoms with E-state index < -0.39 is 5.76 Å². The molecule has 0 saturated heterocycles. The molecule has 1 N–H and O–H groups in total. The Kier molecular flexibility index (Phi) is 5.68. The maximum atomic E-state index is 14.2. The molecule has 1 saturated carbocycles. The molecule has 5 aromatic rings. The molecule has 3 aromatic carbocycles. The molecule has 7 nitrogen and oxygen atoms in total. The van der Waals surface area contributed by atoms with Gasteiger partial charge in [0.1, 0.15) is 24.0 Å². The van der Waals surface area contributed by atoms with E-state index in [1.165, 1.54) is 37.8 Å². The number of aromatic amines is 1. The van der Waals surface area contributed by atoms with E-state index in [9.17, 15) is 9.18 Å². The fourth-order valence-electron chi connectivity index (χ4n) is 6.08. The van der Waals surface area contributed by atoms with Crippen LogP contribution in [0.2, 0.25) is 0 Å². The molecule has 2 aromatic heterocycles. The fourth-order valence-corrected chi connectivity index (χ4v) is 6.08. The average molecular weight is 523 g/mol. The molecular formula is C31H27FN4O3. The molecule has 0 unspecified atom stereocenters. The Morgan fingerprint density at radius 2 is 1.90 bits per heavy atom. The van der Waals surface area contributed by atoms with Crippen molar-refractivity contribution in [2.45, 2.75) is 51.7 Å². The van der Waals surface area contributed by atoms with Crippen molar-refractivity contribution in [3.8, 4) is 5.75 Å². The van der Waals surface area contributed by atoms with Crippen LogP contribution in [0.25, 0.3) is 22.2 Å². The van der Waals surface area contributed by atoms with Gasteiger partial charge in [-0.15, -0.1) is 0 Å². The third kappa shape index (κ3) is 4.16. The van der Waals surface area contributed by atoms with Crippen molar-refractivity contribution in [3.63, 3.8) is 0 Å². The van der Waals surface area contributed by atoms with Crippen LogP contribution in [0.4, 0.5) is 4.39 Å². The van der Waals surface area contributed by atoms with E-state index in [4.69, 9.17) is 14.2 Å². The van der Waals surface area contributed by atoms with Crippen LogP contribution in [0, 0.1) is 5.82 Å². The minimum absolute atomic E-state index is 0.284. The van der Waals surface area contributed by atoms with E-state index in [1.807, 2.05) is 13.0 Å². The minimum Gasteiger partial charge on any atom is -0.488 e. The summed E-state index contributed by atoms with van der Waals surface area (Å²) in [4.78, 5) is 19.4. The lowest BCUT2D eigenvalue weighted by atomic mass is 9.89. The molecule has 2 aliphatic rings. The summed E-state index contributed by atoms with van der Waals surface area (Å²) in [5.74, 6) is 1.40. The van der Waals surface area contributed by atoms with Gasteiger partial charge in [0.25, 0.3) is 0 Å². The molecule has 0 atom stereocenters. The number of nitrogens with one attached hydrogen (secondary N) is 1. The van der Waals surface area contributed by atoms with Crippen LogP contribution in [0.15, 0.2) is 70.0 Å². The molecule has 0 bridgehead atoms. The fraction of sp³-hybridized carbons (Fsp3) is 0.258. The van der Waals surface area contributed by atoms with E-state index in [0.717, 1.165) is 44.7 Å². The van der Waals surface area contributed by atoms with Crippen molar-refractivity contribution in [2.75, 3.05) is 0 Å². The number of imidazole rings is 1. The molecule has 1 aliphatic carbocycles. The van der Waals surface area contributed by atoms with E-state index in [-0.39, 0.29) is 12.4 Å². The number of hydrogen-bond acceptors (Lipinski definition) is 5. The van der Waals surface area contributed by atoms with Gasteiger partial charge in [0.15, 0.2) is 5.82 Å². The first-order valence-electron chi connectivity index (χ1n) is 13.3. The SMILES string of the molecule is C/C(=C1/c2ccc(Cn3c(C4CCCC4)nc4ccccc43)cc2COc2cc(F)ccc21)c1noc(=O)[nH]1. The molecule has 196 valence electrons. The number of hydrogen-bond donors (Lipinski definition) is 1. The van der Waals surface area contributed by atoms with Gasteiger partial charge in [0, 0.05) is 29.7 Å². The molecule has 0 radical (unpaired) electrons. The summed E-state index contributed by atoms with van der Waals surface area (Å²) in [6.45, 7) is 2.84. The predicted molar refractivity (Wildman–Crippen MR) is 146 cm³/mol. The summed E-state index contributed by atoms with van der Waals surface area (Å²) in [5.41, 5.74) is 7.45. The van der Waals surface area contributed by atoms with Crippen LogP contribution >= 0.6 is 0 Å². The van der Waals surface area contributed by atoms with Gasteiger partial charge in [-0.05, 0) is 72.4 Å². The highest BCUT2D eigenvalue weighted by Gasteiger charge is 2.26. The van der Waals surface area contributed by atoms with Gasteiger partial charge in [-0.2, -0.15) is 0 Å². The first-order chi connectivity index (χ1) is 19.0. The topological polar surface area (TPSA) is 85.9 Å². The second-order valence-electron chi connectivity index (χ2n) is 10.4. The van der Waals surface area contributed by atoms with Crippen molar-refractivity contribution in [3.05, 3.63) is 111 Å². The Morgan fingerprint density at radius 3 is 2.72 bits per heavy atom. The number of allylic oxidation sites excluding steroid dienone is 1. The van der Waals surface area contributed by atoms with Gasteiger partial charge >= 0.3 is 5.76 Å². The Labute approximate surface area is 223 Å². The van der Waals surface area contributed by atoms with Gasteiger partial charge in [0.2, 0.25) is 0 Å². The molecule has 8 heteroatoms. The number of para-hydroxylation sites is 2. The van der Waals surface area contributed by atoms with Crippen LogP contribution in [-0.2, 0) is 13.2 Å². The highest BCUT2D eigenvalue weighted by atomic mass is 19.1. The Bertz CT molecular complexity index is 1810. The summed E-state index contributed by atoms with van der Waals surface area (Å²) in [5, 5.41) is 3.90. The number of H-pyrrole nitrogens is 1. The summed E-state index contributed by atoms with van der Waals surface area (Å²) in [6.07, 6.45) is 4.84. The van der Waals surface area contributed by atoms with Gasteiger partial charge in [-0.3, -0.25) is 9.51 Å². The summed E-state index contributed by atoms with van der Waals surface area (Å²) >= 11 is 0. The Hall–Kier alpha value is -4.46. The third-order valence-corrected chi connectivity index (χ3v) is 7.95. The maximum Gasteiger partial charge on any atom is 0.439 e. The quantitative estimate of drug-likeness (QED) is 0.294. The van der Waals surface area contributed by atoms with Crippen molar-refractivity contribution >= 4 is 22.2 Å². The third-order valence-electron chi connectivity index (χ3n) is 7.95. The summed E-state index contributed by atoms with van der Waals surface area (Å²) in [7, 11) is 0. The number of aromatic nitrogens is 4. The van der Waals surface area contributed by atoms with E-state index in [2.05, 4.69) is 51.1 Å². The molecule has 1 aliphatic heterocycles. The van der Waals surface area contributed by atoms with Crippen molar-refractivity contribution in [1.29, 1.82) is 0 Å². The van der Waals surface area contributed by atoms with Gasteiger partial charge < -0.3 is 9.30 Å². The molecular weight excluding hydrogens is 495 g/mol. The lowest BCUT2D eigenvalue weighted by Gasteiger charge is -2.16. The predicted octanol–water partition coefficient (Wildman–Crippen LogP) is 6.43. The monoisotopic (exact) mass is 522 g/mol. The average Bonchev–Trinajstić information content (AvgIpc) is 3.68. The number of benzene rings is 3. The molecule has 0 amide bonds. The zero-order valence-electron chi connectivity index (χ0n) is 21.5. The van der Waals surface area contributed by atoms with Crippen LogP contribution in [0.3, 0.4) is 0 Å². The number of ether oxygens (including phenoxy) is 1. The lowest BCUT2D eigenvalue weighted by molar-refractivity contribution is 0.305. The Balaban J connectivity index is 1.35. The molecule has 39 heavy (non-hydrogen) atoms. The van der Waals surface area contributed by atoms with Crippen LogP contribution < -0.4 is 10.5 Å². The van der Waals surface area contributed by atoms with E-state index >= 15 is 0 Å². The van der Waals surface area contributed by atoms with E-state index in [1.54, 1.807) is 6.07 Å². The van der Waals surface area contributed by atoms with E-state index in [0.29, 0.717) is 29.6 Å². The highest BCUT2D eigenvalue weighted by Crippen LogP contribution is 2.41. The highest BCUT2D eigenvalue weighted by molar-refractivity contribution is 5.99. The second-order valence-corrected chi connectivity index (χ2v) is 10.4. The Morgan fingerprint density at radius 1 is 1.08 bits per heavy atom. The van der Waals surface area contributed by atoms with Crippen LogP contribution in [0.1, 0.15) is 72.4 Å². The van der Waals surface area contributed by atoms with Crippen molar-refractivity contribution in [1.82, 2.24) is 19.7 Å². The number of fused-ring (bicyclic) bond motifs is 3. The first kappa shape index (κ1) is 23.6. The largest absolute Gasteiger partial charge is 0.488 e. The van der Waals surface area contributed by atoms with Crippen LogP contribution in [0.5, 0.6) is 5.75 Å². The van der Waals surface area contributed by atoms with Gasteiger partial charge in [-0.1, -0.05) is 42.3 Å². The van der Waals surface area contributed by atoms with Crippen molar-refractivity contribution < 1.29 is 13.7 Å². The smallest absolute Gasteiger partial charge is 0.439 e. The lowest BCUT2D eigenvalue weighted by Crippen LogP contribution is -2.09. The normalized spacial score (nSPS) is 16.6. The number of rotatable bonds is 4. The molecule has 1 fully saturated rings. The minimum atomic E-state index is -0.629. The maximum absolute atomic E-state index is 14.2. The summed E-state index contributed by atoms with van der Waals surface area (Å²) in [6, 6.07) is 19.2. The zero-order chi connectivity index (χ0) is 26.5. The molecule has 7 rings (SSSR count). The molecule has 3 heterocycles. The first-order valence-corrected chi connectivity index (χ1v) is 13.3. The number of halogens is 1.